The molecule has 2 aliphatic rings. The third-order valence-electron chi connectivity index (χ3n) is 2.57. The summed E-state index contributed by atoms with van der Waals surface area (Å²) in [6.07, 6.45) is 7.38. The Labute approximate surface area is 81.8 Å². The number of hydrogen-bond acceptors (Lipinski definition) is 3. The lowest BCUT2D eigenvalue weighted by Gasteiger charge is -2.19. The van der Waals surface area contributed by atoms with Crippen molar-refractivity contribution in [1.29, 1.82) is 0 Å². The smallest absolute Gasteiger partial charge is 0.333 e. The molecule has 1 aliphatic heterocycles. The van der Waals surface area contributed by atoms with E-state index in [1.807, 2.05) is 18.2 Å². The zero-order valence-corrected chi connectivity index (χ0v) is 7.60. The first kappa shape index (κ1) is 9.02. The van der Waals surface area contributed by atoms with Gasteiger partial charge in [-0.2, -0.15) is 0 Å². The van der Waals surface area contributed by atoms with E-state index in [2.05, 4.69) is 5.32 Å². The second-order valence-corrected chi connectivity index (χ2v) is 3.43. The lowest BCUT2D eigenvalue weighted by Crippen LogP contribution is -2.28. The van der Waals surface area contributed by atoms with Gasteiger partial charge in [-0.15, -0.1) is 0 Å². The summed E-state index contributed by atoms with van der Waals surface area (Å²) < 4.78 is 0. The first-order chi connectivity index (χ1) is 6.72. The molecule has 1 heterocycles. The fourth-order valence-electron chi connectivity index (χ4n) is 1.80. The van der Waals surface area contributed by atoms with E-state index in [1.54, 1.807) is 6.20 Å². The maximum absolute atomic E-state index is 10.9. The topological polar surface area (TPSA) is 75.4 Å². The minimum absolute atomic E-state index is 0.0731. The average molecular weight is 192 g/mol. The third-order valence-corrected chi connectivity index (χ3v) is 2.57. The van der Waals surface area contributed by atoms with Crippen LogP contribution in [0.1, 0.15) is 0 Å². The van der Waals surface area contributed by atoms with E-state index in [0.717, 1.165) is 5.57 Å². The van der Waals surface area contributed by atoms with Gasteiger partial charge >= 0.3 is 5.97 Å². The Morgan fingerprint density at radius 3 is 3.07 bits per heavy atom. The predicted octanol–water partition coefficient (Wildman–Crippen LogP) is -0.00220. The number of nitrogens with one attached hydrogen (secondary N) is 1. The van der Waals surface area contributed by atoms with E-state index in [-0.39, 0.29) is 12.0 Å². The summed E-state index contributed by atoms with van der Waals surface area (Å²) in [4.78, 5) is 10.9. The lowest BCUT2D eigenvalue weighted by atomic mass is 9.88. The van der Waals surface area contributed by atoms with Gasteiger partial charge in [0.15, 0.2) is 0 Å². The molecule has 0 aromatic heterocycles. The number of fused-ring (bicyclic) bond motifs is 1. The van der Waals surface area contributed by atoms with E-state index in [9.17, 15) is 4.79 Å². The van der Waals surface area contributed by atoms with Crippen LogP contribution in [0, 0.1) is 5.92 Å². The van der Waals surface area contributed by atoms with Crippen molar-refractivity contribution in [3.8, 4) is 0 Å². The van der Waals surface area contributed by atoms with E-state index in [0.29, 0.717) is 12.1 Å². The molecule has 2 rings (SSSR count). The molecule has 1 aliphatic carbocycles. The Hall–Kier alpha value is -1.55. The van der Waals surface area contributed by atoms with Gasteiger partial charge in [-0.3, -0.25) is 0 Å². The molecule has 0 fully saturated rings. The average Bonchev–Trinajstić information content (AvgIpc) is 2.59. The van der Waals surface area contributed by atoms with Gasteiger partial charge in [0.25, 0.3) is 0 Å². The molecule has 0 aromatic rings. The second-order valence-electron chi connectivity index (χ2n) is 3.43. The van der Waals surface area contributed by atoms with Crippen molar-refractivity contribution in [2.45, 2.75) is 6.04 Å². The molecule has 2 atom stereocenters. The summed E-state index contributed by atoms with van der Waals surface area (Å²) in [5, 5.41) is 11.9. The van der Waals surface area contributed by atoms with Crippen molar-refractivity contribution >= 4 is 5.97 Å². The van der Waals surface area contributed by atoms with Crippen LogP contribution < -0.4 is 11.1 Å². The highest BCUT2D eigenvalue weighted by molar-refractivity contribution is 5.88. The molecule has 4 heteroatoms. The molecule has 0 radical (unpaired) electrons. The Morgan fingerprint density at radius 1 is 1.64 bits per heavy atom. The Kier molecular flexibility index (Phi) is 2.13. The van der Waals surface area contributed by atoms with Gasteiger partial charge in [0.1, 0.15) is 0 Å². The highest BCUT2D eigenvalue weighted by Crippen LogP contribution is 2.28. The summed E-state index contributed by atoms with van der Waals surface area (Å²) in [6, 6.07) is 0.0800. The van der Waals surface area contributed by atoms with Gasteiger partial charge in [-0.05, 0) is 5.57 Å². The predicted molar refractivity (Wildman–Crippen MR) is 52.4 cm³/mol. The summed E-state index contributed by atoms with van der Waals surface area (Å²) >= 11 is 0. The van der Waals surface area contributed by atoms with Gasteiger partial charge in [-0.25, -0.2) is 4.79 Å². The molecule has 74 valence electrons. The largest absolute Gasteiger partial charge is 0.478 e. The normalized spacial score (nSPS) is 28.9. The van der Waals surface area contributed by atoms with Crippen molar-refractivity contribution in [3.05, 3.63) is 35.6 Å². The SMILES string of the molecule is NCC1=CC2C(C(=O)O)=CNC2C=C1. The number of nitrogens with two attached hydrogens (primary N) is 1. The molecule has 0 aromatic carbocycles. The van der Waals surface area contributed by atoms with E-state index >= 15 is 0 Å². The summed E-state index contributed by atoms with van der Waals surface area (Å²) in [7, 11) is 0. The summed E-state index contributed by atoms with van der Waals surface area (Å²) in [6.45, 7) is 0.451. The van der Waals surface area contributed by atoms with Gasteiger partial charge in [0.2, 0.25) is 0 Å². The van der Waals surface area contributed by atoms with Crippen molar-refractivity contribution in [1.82, 2.24) is 5.32 Å². The van der Waals surface area contributed by atoms with Gasteiger partial charge in [0.05, 0.1) is 11.6 Å². The molecule has 2 unspecified atom stereocenters. The molecule has 0 saturated carbocycles. The zero-order valence-electron chi connectivity index (χ0n) is 7.60. The summed E-state index contributed by atoms with van der Waals surface area (Å²) in [5.41, 5.74) is 6.90. The van der Waals surface area contributed by atoms with Crippen LogP contribution in [0.2, 0.25) is 0 Å². The number of rotatable bonds is 2. The molecule has 4 nitrogen and oxygen atoms in total. The van der Waals surface area contributed by atoms with Crippen LogP contribution >= 0.6 is 0 Å². The molecular formula is C10H12N2O2. The van der Waals surface area contributed by atoms with Crippen LogP contribution in [0.5, 0.6) is 0 Å². The first-order valence-electron chi connectivity index (χ1n) is 4.50. The lowest BCUT2D eigenvalue weighted by molar-refractivity contribution is -0.133. The molecule has 0 amide bonds. The first-order valence-corrected chi connectivity index (χ1v) is 4.50. The van der Waals surface area contributed by atoms with Crippen molar-refractivity contribution in [2.24, 2.45) is 11.7 Å². The molecule has 0 saturated heterocycles. The van der Waals surface area contributed by atoms with E-state index in [1.165, 1.54) is 0 Å². The second kappa shape index (κ2) is 3.31. The van der Waals surface area contributed by atoms with Crippen LogP contribution in [0.25, 0.3) is 0 Å². The minimum Gasteiger partial charge on any atom is -0.478 e. The zero-order chi connectivity index (χ0) is 10.1. The van der Waals surface area contributed by atoms with Crippen LogP contribution in [0.4, 0.5) is 0 Å². The standard InChI is InChI=1S/C10H12N2O2/c11-4-6-1-2-9-7(3-6)8(5-12-9)10(13)14/h1-3,5,7,9,12H,4,11H2,(H,13,14). The number of carbonyl (C=O) groups is 1. The number of carboxylic acids is 1. The van der Waals surface area contributed by atoms with Crippen LogP contribution in [-0.2, 0) is 4.79 Å². The minimum atomic E-state index is -0.868. The third kappa shape index (κ3) is 1.33. The number of aliphatic carboxylic acids is 1. The molecule has 4 N–H and O–H groups in total. The van der Waals surface area contributed by atoms with Gasteiger partial charge < -0.3 is 16.2 Å². The van der Waals surface area contributed by atoms with Crippen LogP contribution in [0.3, 0.4) is 0 Å². The maximum atomic E-state index is 10.9. The van der Waals surface area contributed by atoms with Crippen molar-refractivity contribution in [3.63, 3.8) is 0 Å². The number of hydrogen-bond donors (Lipinski definition) is 3. The van der Waals surface area contributed by atoms with Crippen LogP contribution in [0.15, 0.2) is 35.6 Å². The number of carboxylic acid groups (broad SMARTS) is 1. The van der Waals surface area contributed by atoms with E-state index in [4.69, 9.17) is 10.8 Å². The molecular weight excluding hydrogens is 180 g/mol. The Bertz CT molecular complexity index is 355. The summed E-state index contributed by atoms with van der Waals surface area (Å²) in [5.74, 6) is -0.941. The van der Waals surface area contributed by atoms with Gasteiger partial charge in [-0.1, -0.05) is 18.2 Å². The van der Waals surface area contributed by atoms with Crippen LogP contribution in [-0.4, -0.2) is 23.7 Å². The fourth-order valence-corrected chi connectivity index (χ4v) is 1.80. The quantitative estimate of drug-likeness (QED) is 0.575. The molecule has 0 bridgehead atoms. The van der Waals surface area contributed by atoms with Crippen molar-refractivity contribution in [2.75, 3.05) is 6.54 Å². The van der Waals surface area contributed by atoms with E-state index < -0.39 is 5.97 Å². The Balaban J connectivity index is 2.26. The molecule has 0 spiro atoms. The Morgan fingerprint density at radius 2 is 2.43 bits per heavy atom. The fraction of sp³-hybridized carbons (Fsp3) is 0.300. The highest BCUT2D eigenvalue weighted by Gasteiger charge is 2.31. The highest BCUT2D eigenvalue weighted by atomic mass is 16.4. The van der Waals surface area contributed by atoms with Crippen molar-refractivity contribution < 1.29 is 9.90 Å². The monoisotopic (exact) mass is 192 g/mol. The van der Waals surface area contributed by atoms with Gasteiger partial charge in [0, 0.05) is 18.7 Å². The molecule has 14 heavy (non-hydrogen) atoms. The maximum Gasteiger partial charge on any atom is 0.333 e.